The molecular formula is C13H15Cl2NO4. The molecule has 1 aromatic rings. The Balaban J connectivity index is 2.01. The predicted molar refractivity (Wildman–Crippen MR) is 76.8 cm³/mol. The quantitative estimate of drug-likeness (QED) is 0.454. The van der Waals surface area contributed by atoms with Gasteiger partial charge in [-0.25, -0.2) is 0 Å². The molecule has 1 fully saturated rings. The molecule has 0 bridgehead atoms. The number of nitrogens with zero attached hydrogens (tertiary/aromatic N) is 1. The van der Waals surface area contributed by atoms with Crippen LogP contribution in [0.25, 0.3) is 0 Å². The zero-order valence-corrected chi connectivity index (χ0v) is 12.4. The first-order valence-electron chi connectivity index (χ1n) is 6.39. The van der Waals surface area contributed by atoms with Crippen LogP contribution in [0.1, 0.15) is 19.8 Å². The smallest absolute Gasteiger partial charge is 0.271 e. The van der Waals surface area contributed by atoms with Crippen LogP contribution in [0.2, 0.25) is 5.02 Å². The number of non-ortho nitro benzene ring substituents is 1. The van der Waals surface area contributed by atoms with E-state index in [9.17, 15) is 10.1 Å². The Labute approximate surface area is 126 Å². The van der Waals surface area contributed by atoms with Gasteiger partial charge in [-0.15, -0.1) is 11.6 Å². The largest absolute Gasteiger partial charge is 0.486 e. The number of nitro benzene ring substituents is 1. The van der Waals surface area contributed by atoms with Crippen LogP contribution in [0.4, 0.5) is 5.69 Å². The number of hydrogen-bond acceptors (Lipinski definition) is 4. The van der Waals surface area contributed by atoms with E-state index in [4.69, 9.17) is 32.7 Å². The molecule has 1 aliphatic carbocycles. The van der Waals surface area contributed by atoms with E-state index in [0.717, 1.165) is 6.42 Å². The van der Waals surface area contributed by atoms with Crippen LogP contribution in [0, 0.1) is 10.1 Å². The van der Waals surface area contributed by atoms with Gasteiger partial charge in [0.15, 0.2) is 0 Å². The van der Waals surface area contributed by atoms with Crippen molar-refractivity contribution in [2.24, 2.45) is 0 Å². The van der Waals surface area contributed by atoms with E-state index in [2.05, 4.69) is 0 Å². The lowest BCUT2D eigenvalue weighted by molar-refractivity contribution is -0.384. The molecule has 20 heavy (non-hydrogen) atoms. The molecule has 0 heterocycles. The average Bonchev–Trinajstić information content (AvgIpc) is 2.40. The number of ether oxygens (including phenoxy) is 2. The summed E-state index contributed by atoms with van der Waals surface area (Å²) in [6, 6.07) is 4.13. The monoisotopic (exact) mass is 319 g/mol. The van der Waals surface area contributed by atoms with Gasteiger partial charge in [0.1, 0.15) is 18.0 Å². The van der Waals surface area contributed by atoms with Crippen molar-refractivity contribution >= 4 is 28.9 Å². The highest BCUT2D eigenvalue weighted by atomic mass is 35.5. The number of nitro groups is 1. The third-order valence-corrected chi connectivity index (χ3v) is 3.82. The van der Waals surface area contributed by atoms with Crippen LogP contribution in [0.5, 0.6) is 5.75 Å². The van der Waals surface area contributed by atoms with Gasteiger partial charge in [-0.3, -0.25) is 10.1 Å². The molecule has 1 aliphatic rings. The van der Waals surface area contributed by atoms with Crippen molar-refractivity contribution in [2.75, 3.05) is 6.61 Å². The first kappa shape index (κ1) is 15.4. The van der Waals surface area contributed by atoms with Crippen molar-refractivity contribution in [1.82, 2.24) is 0 Å². The Morgan fingerprint density at radius 1 is 1.50 bits per heavy atom. The van der Waals surface area contributed by atoms with Gasteiger partial charge in [-0.05, 0) is 12.5 Å². The predicted octanol–water partition coefficient (Wildman–Crippen LogP) is 3.80. The van der Waals surface area contributed by atoms with Gasteiger partial charge in [0.05, 0.1) is 15.3 Å². The second-order valence-electron chi connectivity index (χ2n) is 4.62. The molecule has 1 saturated carbocycles. The molecule has 0 aromatic heterocycles. The van der Waals surface area contributed by atoms with E-state index >= 15 is 0 Å². The molecule has 110 valence electrons. The molecule has 0 amide bonds. The molecule has 7 heteroatoms. The minimum atomic E-state index is -0.499. The molecule has 2 rings (SSSR count). The molecule has 0 N–H and O–H groups in total. The van der Waals surface area contributed by atoms with Gasteiger partial charge < -0.3 is 9.47 Å². The van der Waals surface area contributed by atoms with E-state index in [-0.39, 0.29) is 28.3 Å². The molecule has 0 radical (unpaired) electrons. The third-order valence-electron chi connectivity index (χ3n) is 3.10. The SMILES string of the molecule is CCCOC1C(Cl)CC1Oc1ccc([N+](=O)[O-])cc1Cl. The van der Waals surface area contributed by atoms with E-state index in [1.54, 1.807) is 0 Å². The Morgan fingerprint density at radius 3 is 2.80 bits per heavy atom. The molecule has 3 atom stereocenters. The summed E-state index contributed by atoms with van der Waals surface area (Å²) in [5, 5.41) is 10.8. The van der Waals surface area contributed by atoms with E-state index < -0.39 is 4.92 Å². The van der Waals surface area contributed by atoms with Crippen molar-refractivity contribution in [3.63, 3.8) is 0 Å². The Hall–Kier alpha value is -1.04. The summed E-state index contributed by atoms with van der Waals surface area (Å²) in [5.41, 5.74) is -0.0648. The summed E-state index contributed by atoms with van der Waals surface area (Å²) in [6.07, 6.45) is 1.25. The number of halogens is 2. The van der Waals surface area contributed by atoms with Crippen molar-refractivity contribution in [3.05, 3.63) is 33.3 Å². The maximum absolute atomic E-state index is 10.6. The summed E-state index contributed by atoms with van der Waals surface area (Å²) in [6.45, 7) is 2.65. The van der Waals surface area contributed by atoms with Crippen molar-refractivity contribution in [3.8, 4) is 5.75 Å². The summed E-state index contributed by atoms with van der Waals surface area (Å²) in [7, 11) is 0. The fourth-order valence-corrected chi connectivity index (χ4v) is 2.60. The second kappa shape index (κ2) is 6.61. The highest BCUT2D eigenvalue weighted by molar-refractivity contribution is 6.32. The maximum atomic E-state index is 10.6. The highest BCUT2D eigenvalue weighted by Crippen LogP contribution is 2.36. The van der Waals surface area contributed by atoms with Crippen LogP contribution >= 0.6 is 23.2 Å². The molecule has 0 saturated heterocycles. The normalized spacial score (nSPS) is 25.1. The van der Waals surface area contributed by atoms with E-state index in [0.29, 0.717) is 18.8 Å². The summed E-state index contributed by atoms with van der Waals surface area (Å²) < 4.78 is 11.3. The topological polar surface area (TPSA) is 61.6 Å². The van der Waals surface area contributed by atoms with E-state index in [1.807, 2.05) is 6.92 Å². The average molecular weight is 320 g/mol. The van der Waals surface area contributed by atoms with Gasteiger partial charge >= 0.3 is 0 Å². The standard InChI is InChI=1S/C13H15Cl2NO4/c1-2-5-19-13-10(15)7-12(13)20-11-4-3-8(16(17)18)6-9(11)14/h3-4,6,10,12-13H,2,5,7H2,1H3. The molecule has 0 aliphatic heterocycles. The zero-order valence-electron chi connectivity index (χ0n) is 10.9. The summed E-state index contributed by atoms with van der Waals surface area (Å²) in [4.78, 5) is 10.1. The van der Waals surface area contributed by atoms with E-state index in [1.165, 1.54) is 18.2 Å². The highest BCUT2D eigenvalue weighted by Gasteiger charge is 2.43. The fraction of sp³-hybridized carbons (Fsp3) is 0.538. The van der Waals surface area contributed by atoms with Crippen molar-refractivity contribution < 1.29 is 14.4 Å². The van der Waals surface area contributed by atoms with Gasteiger partial charge in [0.25, 0.3) is 5.69 Å². The van der Waals surface area contributed by atoms with Crippen LogP contribution < -0.4 is 4.74 Å². The molecule has 3 unspecified atom stereocenters. The first-order chi connectivity index (χ1) is 9.52. The second-order valence-corrected chi connectivity index (χ2v) is 5.58. The molecule has 1 aromatic carbocycles. The van der Waals surface area contributed by atoms with Crippen LogP contribution in [0.3, 0.4) is 0 Å². The van der Waals surface area contributed by atoms with Gasteiger partial charge in [-0.2, -0.15) is 0 Å². The minimum absolute atomic E-state index is 0.0648. The van der Waals surface area contributed by atoms with Gasteiger partial charge in [0, 0.05) is 25.2 Å². The van der Waals surface area contributed by atoms with Crippen LogP contribution in [-0.2, 0) is 4.74 Å². The van der Waals surface area contributed by atoms with Gasteiger partial charge in [-0.1, -0.05) is 18.5 Å². The number of alkyl halides is 1. The lowest BCUT2D eigenvalue weighted by Crippen LogP contribution is -2.52. The number of rotatable bonds is 6. The Bertz CT molecular complexity index is 497. The molecule has 0 spiro atoms. The Kier molecular flexibility index (Phi) is 5.07. The molecular weight excluding hydrogens is 305 g/mol. The fourth-order valence-electron chi connectivity index (χ4n) is 1.97. The van der Waals surface area contributed by atoms with Crippen molar-refractivity contribution in [1.29, 1.82) is 0 Å². The Morgan fingerprint density at radius 2 is 2.25 bits per heavy atom. The number of hydrogen-bond donors (Lipinski definition) is 0. The van der Waals surface area contributed by atoms with Crippen LogP contribution in [-0.4, -0.2) is 29.1 Å². The summed E-state index contributed by atoms with van der Waals surface area (Å²) in [5.74, 6) is 0.413. The minimum Gasteiger partial charge on any atom is -0.486 e. The summed E-state index contributed by atoms with van der Waals surface area (Å²) >= 11 is 12.1. The lowest BCUT2D eigenvalue weighted by atomic mass is 9.91. The zero-order chi connectivity index (χ0) is 14.7. The van der Waals surface area contributed by atoms with Crippen molar-refractivity contribution in [2.45, 2.75) is 37.4 Å². The maximum Gasteiger partial charge on any atom is 0.271 e. The third kappa shape index (κ3) is 3.34. The molecule has 5 nitrogen and oxygen atoms in total. The van der Waals surface area contributed by atoms with Gasteiger partial charge in [0.2, 0.25) is 0 Å². The van der Waals surface area contributed by atoms with Crippen LogP contribution in [0.15, 0.2) is 18.2 Å². The lowest BCUT2D eigenvalue weighted by Gasteiger charge is -2.40. The first-order valence-corrected chi connectivity index (χ1v) is 7.20. The number of benzene rings is 1.